The fourth-order valence-electron chi connectivity index (χ4n) is 1.78. The first-order valence-electron chi connectivity index (χ1n) is 7.09. The quantitative estimate of drug-likeness (QED) is 0.311. The second-order valence-electron chi connectivity index (χ2n) is 4.99. The Bertz CT molecular complexity index is 319. The highest BCUT2D eigenvalue weighted by atomic mass is 14.8. The Hall–Kier alpha value is -1.11. The van der Waals surface area contributed by atoms with E-state index in [0.29, 0.717) is 5.92 Å². The van der Waals surface area contributed by atoms with Crippen molar-refractivity contribution >= 4 is 5.71 Å². The second-order valence-corrected chi connectivity index (χ2v) is 4.99. The maximum atomic E-state index is 4.58. The van der Waals surface area contributed by atoms with Gasteiger partial charge in [-0.1, -0.05) is 57.9 Å². The highest BCUT2D eigenvalue weighted by Gasteiger charge is 2.00. The molecule has 0 N–H and O–H groups in total. The maximum absolute atomic E-state index is 4.58. The van der Waals surface area contributed by atoms with E-state index >= 15 is 0 Å². The molecular weight excluding hydrogens is 218 g/mol. The zero-order valence-corrected chi connectivity index (χ0v) is 12.7. The van der Waals surface area contributed by atoms with Gasteiger partial charge in [0.2, 0.25) is 0 Å². The minimum absolute atomic E-state index is 0.249. The standard InChI is InChI=1S/C17H29N/c1-7-11-16(14(4)5)13-10-12-15(6)18-17(8-2)9-3/h8,10,12-14,17H,2,7,9,11H2,1,3-6H3/b12-10-,16-13+,18-15+. The Morgan fingerprint density at radius 1 is 1.28 bits per heavy atom. The van der Waals surface area contributed by atoms with Crippen molar-refractivity contribution in [3.63, 3.8) is 0 Å². The molecule has 1 unspecified atom stereocenters. The highest BCUT2D eigenvalue weighted by molar-refractivity contribution is 5.93. The third kappa shape index (κ3) is 7.26. The van der Waals surface area contributed by atoms with Crippen molar-refractivity contribution in [3.05, 3.63) is 36.5 Å². The number of aliphatic imine (C=N–C) groups is 1. The van der Waals surface area contributed by atoms with Gasteiger partial charge >= 0.3 is 0 Å². The molecule has 0 aliphatic carbocycles. The van der Waals surface area contributed by atoms with E-state index in [-0.39, 0.29) is 6.04 Å². The van der Waals surface area contributed by atoms with E-state index in [1.54, 1.807) is 0 Å². The zero-order valence-electron chi connectivity index (χ0n) is 12.7. The Morgan fingerprint density at radius 2 is 1.94 bits per heavy atom. The molecular formula is C17H29N. The van der Waals surface area contributed by atoms with E-state index in [9.17, 15) is 0 Å². The van der Waals surface area contributed by atoms with Crippen LogP contribution in [0, 0.1) is 5.92 Å². The van der Waals surface area contributed by atoms with Gasteiger partial charge in [-0.15, -0.1) is 6.58 Å². The van der Waals surface area contributed by atoms with Crippen LogP contribution in [-0.4, -0.2) is 11.8 Å². The molecule has 0 aromatic rings. The van der Waals surface area contributed by atoms with Gasteiger partial charge in [0.25, 0.3) is 0 Å². The van der Waals surface area contributed by atoms with Crippen LogP contribution in [0.15, 0.2) is 41.4 Å². The molecule has 0 amide bonds. The summed E-state index contributed by atoms with van der Waals surface area (Å²) in [5, 5.41) is 0. The van der Waals surface area contributed by atoms with Crippen molar-refractivity contribution in [1.29, 1.82) is 0 Å². The molecule has 0 bridgehead atoms. The van der Waals surface area contributed by atoms with Crippen LogP contribution in [-0.2, 0) is 0 Å². The number of allylic oxidation sites excluding steroid dienone is 4. The Morgan fingerprint density at radius 3 is 2.39 bits per heavy atom. The third-order valence-electron chi connectivity index (χ3n) is 2.99. The van der Waals surface area contributed by atoms with Gasteiger partial charge in [-0.25, -0.2) is 0 Å². The topological polar surface area (TPSA) is 12.4 Å². The molecule has 0 rings (SSSR count). The summed E-state index contributed by atoms with van der Waals surface area (Å²) in [5.41, 5.74) is 2.58. The normalized spacial score (nSPS) is 15.4. The lowest BCUT2D eigenvalue weighted by molar-refractivity contribution is 0.702. The van der Waals surface area contributed by atoms with Crippen LogP contribution in [0.1, 0.15) is 53.9 Å². The summed E-state index contributed by atoms with van der Waals surface area (Å²) in [6.45, 7) is 14.7. The summed E-state index contributed by atoms with van der Waals surface area (Å²) in [7, 11) is 0. The van der Waals surface area contributed by atoms with Crippen molar-refractivity contribution < 1.29 is 0 Å². The first-order valence-corrected chi connectivity index (χ1v) is 7.09. The average Bonchev–Trinajstić information content (AvgIpc) is 2.34. The highest BCUT2D eigenvalue weighted by Crippen LogP contribution is 2.15. The van der Waals surface area contributed by atoms with Crippen LogP contribution < -0.4 is 0 Å². The predicted molar refractivity (Wildman–Crippen MR) is 84.4 cm³/mol. The van der Waals surface area contributed by atoms with Gasteiger partial charge in [-0.05, 0) is 31.8 Å². The third-order valence-corrected chi connectivity index (χ3v) is 2.99. The van der Waals surface area contributed by atoms with Crippen molar-refractivity contribution in [2.75, 3.05) is 0 Å². The number of hydrogen-bond donors (Lipinski definition) is 0. The first-order chi connectivity index (χ1) is 8.54. The minimum Gasteiger partial charge on any atom is -0.283 e. The van der Waals surface area contributed by atoms with Crippen molar-refractivity contribution in [1.82, 2.24) is 0 Å². The van der Waals surface area contributed by atoms with Gasteiger partial charge in [0.15, 0.2) is 0 Å². The molecule has 1 nitrogen and oxygen atoms in total. The summed E-state index contributed by atoms with van der Waals surface area (Å²) in [5.74, 6) is 0.628. The van der Waals surface area contributed by atoms with Gasteiger partial charge < -0.3 is 0 Å². The molecule has 102 valence electrons. The second kappa shape index (κ2) is 9.87. The van der Waals surface area contributed by atoms with E-state index in [4.69, 9.17) is 0 Å². The van der Waals surface area contributed by atoms with Crippen LogP contribution in [0.5, 0.6) is 0 Å². The summed E-state index contributed by atoms with van der Waals surface area (Å²) < 4.78 is 0. The van der Waals surface area contributed by atoms with Crippen molar-refractivity contribution in [2.45, 2.75) is 59.9 Å². The van der Waals surface area contributed by atoms with Gasteiger partial charge in [0.05, 0.1) is 6.04 Å². The first kappa shape index (κ1) is 16.9. The molecule has 0 aromatic carbocycles. The number of nitrogens with zero attached hydrogens (tertiary/aromatic N) is 1. The molecule has 0 aromatic heterocycles. The lowest BCUT2D eigenvalue weighted by Crippen LogP contribution is -2.00. The molecule has 0 saturated heterocycles. The summed E-state index contributed by atoms with van der Waals surface area (Å²) >= 11 is 0. The fraction of sp³-hybridized carbons (Fsp3) is 0.588. The predicted octanol–water partition coefficient (Wildman–Crippen LogP) is 5.35. The molecule has 1 heteroatoms. The maximum Gasteiger partial charge on any atom is 0.0677 e. The SMILES string of the molecule is C=CC(CC)/N=C(C)/C=C\C=C(/CCC)C(C)C. The molecule has 0 fully saturated rings. The summed E-state index contributed by atoms with van der Waals surface area (Å²) in [6.07, 6.45) is 11.8. The molecule has 0 saturated carbocycles. The smallest absolute Gasteiger partial charge is 0.0677 e. The van der Waals surface area contributed by atoms with Crippen molar-refractivity contribution in [3.8, 4) is 0 Å². The zero-order chi connectivity index (χ0) is 14.0. The molecule has 0 radical (unpaired) electrons. The molecule has 1 atom stereocenters. The number of hydrogen-bond acceptors (Lipinski definition) is 1. The lowest BCUT2D eigenvalue weighted by Gasteiger charge is -2.08. The van der Waals surface area contributed by atoms with Crippen LogP contribution in [0.25, 0.3) is 0 Å². The monoisotopic (exact) mass is 247 g/mol. The Balaban J connectivity index is 4.62. The van der Waals surface area contributed by atoms with E-state index in [1.807, 2.05) is 13.0 Å². The number of rotatable bonds is 8. The van der Waals surface area contributed by atoms with Gasteiger partial charge in [-0.2, -0.15) is 0 Å². The largest absolute Gasteiger partial charge is 0.283 e. The van der Waals surface area contributed by atoms with E-state index in [2.05, 4.69) is 57.5 Å². The summed E-state index contributed by atoms with van der Waals surface area (Å²) in [6, 6.07) is 0.249. The average molecular weight is 247 g/mol. The van der Waals surface area contributed by atoms with Gasteiger partial charge in [0.1, 0.15) is 0 Å². The fourth-order valence-corrected chi connectivity index (χ4v) is 1.78. The molecule has 0 aliphatic rings. The van der Waals surface area contributed by atoms with Gasteiger partial charge in [-0.3, -0.25) is 4.99 Å². The molecule has 0 heterocycles. The molecule has 0 aliphatic heterocycles. The van der Waals surface area contributed by atoms with Crippen molar-refractivity contribution in [2.24, 2.45) is 10.9 Å². The lowest BCUT2D eigenvalue weighted by atomic mass is 9.98. The Labute approximate surface area is 113 Å². The van der Waals surface area contributed by atoms with Crippen LogP contribution in [0.2, 0.25) is 0 Å². The Kier molecular flexibility index (Phi) is 9.26. The molecule has 0 spiro atoms. The van der Waals surface area contributed by atoms with E-state index < -0.39 is 0 Å². The van der Waals surface area contributed by atoms with Gasteiger partial charge in [0, 0.05) is 5.71 Å². The molecule has 18 heavy (non-hydrogen) atoms. The van der Waals surface area contributed by atoms with E-state index in [0.717, 1.165) is 12.1 Å². The summed E-state index contributed by atoms with van der Waals surface area (Å²) in [4.78, 5) is 4.58. The van der Waals surface area contributed by atoms with Crippen LogP contribution in [0.4, 0.5) is 0 Å². The van der Waals surface area contributed by atoms with E-state index in [1.165, 1.54) is 18.4 Å². The minimum atomic E-state index is 0.249. The van der Waals surface area contributed by atoms with Crippen LogP contribution >= 0.6 is 0 Å². The van der Waals surface area contributed by atoms with Crippen LogP contribution in [0.3, 0.4) is 0 Å².